The van der Waals surface area contributed by atoms with Crippen molar-refractivity contribution < 1.29 is 0 Å². The number of benzene rings is 1. The van der Waals surface area contributed by atoms with Crippen LogP contribution in [0.2, 0.25) is 5.02 Å². The second-order valence-electron chi connectivity index (χ2n) is 5.28. The molecule has 1 saturated heterocycles. The minimum absolute atomic E-state index is 0.419. The molecule has 19 heavy (non-hydrogen) atoms. The topological polar surface area (TPSA) is 32.5 Å². The van der Waals surface area contributed by atoms with Crippen LogP contribution >= 0.6 is 23.8 Å². The Balaban J connectivity index is 1.77. The van der Waals surface area contributed by atoms with Crippen molar-refractivity contribution in [1.29, 1.82) is 0 Å². The van der Waals surface area contributed by atoms with Crippen LogP contribution in [0.3, 0.4) is 0 Å². The molecule has 0 aromatic heterocycles. The third kappa shape index (κ3) is 2.86. The van der Waals surface area contributed by atoms with Crippen molar-refractivity contribution in [3.05, 3.63) is 28.8 Å². The fourth-order valence-corrected chi connectivity index (χ4v) is 3.08. The molecule has 1 aliphatic carbocycles. The van der Waals surface area contributed by atoms with Crippen LogP contribution < -0.4 is 10.6 Å². The average molecular weight is 296 g/mol. The van der Waals surface area contributed by atoms with Gasteiger partial charge in [0.15, 0.2) is 0 Å². The van der Waals surface area contributed by atoms with Crippen LogP contribution in [0, 0.1) is 0 Å². The van der Waals surface area contributed by atoms with Crippen molar-refractivity contribution in [2.45, 2.75) is 18.9 Å². The summed E-state index contributed by atoms with van der Waals surface area (Å²) in [5, 5.41) is 0.683. The molecule has 3 nitrogen and oxygen atoms in total. The molecule has 102 valence electrons. The molecule has 1 aliphatic heterocycles. The molecule has 1 heterocycles. The Bertz CT molecular complexity index is 493. The highest BCUT2D eigenvalue weighted by molar-refractivity contribution is 7.80. The molecule has 0 radical (unpaired) electrons. The Morgan fingerprint density at radius 3 is 2.47 bits per heavy atom. The van der Waals surface area contributed by atoms with Crippen molar-refractivity contribution >= 4 is 34.5 Å². The molecule has 1 aromatic carbocycles. The van der Waals surface area contributed by atoms with Gasteiger partial charge in [-0.3, -0.25) is 4.90 Å². The summed E-state index contributed by atoms with van der Waals surface area (Å²) in [6, 6.07) is 6.66. The minimum atomic E-state index is 0.419. The van der Waals surface area contributed by atoms with E-state index in [0.717, 1.165) is 43.5 Å². The van der Waals surface area contributed by atoms with Gasteiger partial charge >= 0.3 is 0 Å². The number of hydrogen-bond acceptors (Lipinski definition) is 3. The number of halogens is 1. The predicted molar refractivity (Wildman–Crippen MR) is 84.1 cm³/mol. The summed E-state index contributed by atoms with van der Waals surface area (Å²) < 4.78 is 0. The first-order valence-corrected chi connectivity index (χ1v) is 7.52. The van der Waals surface area contributed by atoms with E-state index in [1.54, 1.807) is 0 Å². The van der Waals surface area contributed by atoms with Crippen molar-refractivity contribution in [1.82, 2.24) is 4.90 Å². The summed E-state index contributed by atoms with van der Waals surface area (Å²) in [5.41, 5.74) is 7.82. The van der Waals surface area contributed by atoms with Gasteiger partial charge < -0.3 is 10.6 Å². The summed E-state index contributed by atoms with van der Waals surface area (Å²) in [6.07, 6.45) is 2.75. The van der Waals surface area contributed by atoms with E-state index in [2.05, 4.69) is 9.80 Å². The number of piperazine rings is 1. The second kappa shape index (κ2) is 5.27. The second-order valence-corrected chi connectivity index (χ2v) is 6.16. The summed E-state index contributed by atoms with van der Waals surface area (Å²) in [5.74, 6) is 0. The van der Waals surface area contributed by atoms with Crippen molar-refractivity contribution in [2.75, 3.05) is 31.1 Å². The summed E-state index contributed by atoms with van der Waals surface area (Å²) >= 11 is 11.2. The lowest BCUT2D eigenvalue weighted by Gasteiger charge is -2.37. The molecule has 0 amide bonds. The van der Waals surface area contributed by atoms with Gasteiger partial charge in [0, 0.05) is 48.5 Å². The lowest BCUT2D eigenvalue weighted by Crippen LogP contribution is -2.47. The van der Waals surface area contributed by atoms with Crippen LogP contribution in [0.25, 0.3) is 0 Å². The molecular formula is C14H18ClN3S. The highest BCUT2D eigenvalue weighted by Crippen LogP contribution is 2.30. The van der Waals surface area contributed by atoms with E-state index >= 15 is 0 Å². The summed E-state index contributed by atoms with van der Waals surface area (Å²) in [4.78, 5) is 5.37. The van der Waals surface area contributed by atoms with E-state index in [4.69, 9.17) is 29.6 Å². The molecule has 3 rings (SSSR count). The molecule has 2 fully saturated rings. The molecule has 1 saturated carbocycles. The van der Waals surface area contributed by atoms with E-state index in [1.165, 1.54) is 12.8 Å². The number of hydrogen-bond donors (Lipinski definition) is 1. The highest BCUT2D eigenvalue weighted by Gasteiger charge is 2.31. The smallest absolute Gasteiger partial charge is 0.106 e. The van der Waals surface area contributed by atoms with E-state index in [-0.39, 0.29) is 0 Å². The van der Waals surface area contributed by atoms with Crippen LogP contribution in [0.1, 0.15) is 18.4 Å². The Morgan fingerprint density at radius 1 is 1.21 bits per heavy atom. The van der Waals surface area contributed by atoms with Gasteiger partial charge in [-0.25, -0.2) is 0 Å². The monoisotopic (exact) mass is 295 g/mol. The lowest BCUT2D eigenvalue weighted by molar-refractivity contribution is 0.248. The Morgan fingerprint density at radius 2 is 1.89 bits per heavy atom. The number of nitrogens with two attached hydrogens (primary N) is 1. The van der Waals surface area contributed by atoms with E-state index in [9.17, 15) is 0 Å². The zero-order valence-corrected chi connectivity index (χ0v) is 12.4. The SMILES string of the molecule is NC(=S)c1cc(Cl)ccc1N1CCN(C2CC2)CC1. The van der Waals surface area contributed by atoms with Gasteiger partial charge in [-0.05, 0) is 31.0 Å². The minimum Gasteiger partial charge on any atom is -0.389 e. The zero-order valence-electron chi connectivity index (χ0n) is 10.8. The maximum atomic E-state index is 6.03. The van der Waals surface area contributed by atoms with Crippen molar-refractivity contribution in [3.63, 3.8) is 0 Å². The van der Waals surface area contributed by atoms with E-state index in [1.807, 2.05) is 18.2 Å². The van der Waals surface area contributed by atoms with Crippen LogP contribution in [0.15, 0.2) is 18.2 Å². The number of nitrogens with zero attached hydrogens (tertiary/aromatic N) is 2. The molecule has 0 atom stereocenters. The highest BCUT2D eigenvalue weighted by atomic mass is 35.5. The molecule has 2 N–H and O–H groups in total. The van der Waals surface area contributed by atoms with Crippen molar-refractivity contribution in [2.24, 2.45) is 5.73 Å². The third-order valence-electron chi connectivity index (χ3n) is 3.94. The Labute approximate surface area is 124 Å². The van der Waals surface area contributed by atoms with Crippen LogP contribution in [0.4, 0.5) is 5.69 Å². The molecule has 1 aromatic rings. The van der Waals surface area contributed by atoms with Gasteiger partial charge in [0.25, 0.3) is 0 Å². The predicted octanol–water partition coefficient (Wildman–Crippen LogP) is 2.26. The first-order valence-electron chi connectivity index (χ1n) is 6.73. The summed E-state index contributed by atoms with van der Waals surface area (Å²) in [6.45, 7) is 4.33. The fourth-order valence-electron chi connectivity index (χ4n) is 2.75. The first-order chi connectivity index (χ1) is 9.15. The Hall–Kier alpha value is -0.840. The molecule has 2 aliphatic rings. The van der Waals surface area contributed by atoms with Gasteiger partial charge in [0.05, 0.1) is 0 Å². The van der Waals surface area contributed by atoms with Crippen LogP contribution in [-0.2, 0) is 0 Å². The van der Waals surface area contributed by atoms with Crippen molar-refractivity contribution in [3.8, 4) is 0 Å². The fraction of sp³-hybridized carbons (Fsp3) is 0.500. The lowest BCUT2D eigenvalue weighted by atomic mass is 10.1. The maximum Gasteiger partial charge on any atom is 0.106 e. The van der Waals surface area contributed by atoms with Gasteiger partial charge in [0.1, 0.15) is 4.99 Å². The maximum absolute atomic E-state index is 6.03. The first kappa shape index (κ1) is 13.2. The molecular weight excluding hydrogens is 278 g/mol. The number of rotatable bonds is 3. The Kier molecular flexibility index (Phi) is 3.65. The molecule has 0 bridgehead atoms. The molecule has 0 unspecified atom stereocenters. The third-order valence-corrected chi connectivity index (χ3v) is 4.40. The molecule has 0 spiro atoms. The summed E-state index contributed by atoms with van der Waals surface area (Å²) in [7, 11) is 0. The average Bonchev–Trinajstić information content (AvgIpc) is 3.23. The van der Waals surface area contributed by atoms with E-state index < -0.39 is 0 Å². The number of thiocarbonyl (C=S) groups is 1. The van der Waals surface area contributed by atoms with Gasteiger partial charge in [-0.2, -0.15) is 0 Å². The van der Waals surface area contributed by atoms with Crippen LogP contribution in [-0.4, -0.2) is 42.1 Å². The van der Waals surface area contributed by atoms with E-state index in [0.29, 0.717) is 10.0 Å². The standard InChI is InChI=1S/C14H18ClN3S/c15-10-1-4-13(12(9-10)14(16)19)18-7-5-17(6-8-18)11-2-3-11/h1,4,9,11H,2-3,5-8H2,(H2,16,19). The van der Waals surface area contributed by atoms with Gasteiger partial charge in [-0.1, -0.05) is 23.8 Å². The van der Waals surface area contributed by atoms with Crippen LogP contribution in [0.5, 0.6) is 0 Å². The largest absolute Gasteiger partial charge is 0.389 e. The number of anilines is 1. The van der Waals surface area contributed by atoms with Gasteiger partial charge in [0.2, 0.25) is 0 Å². The zero-order chi connectivity index (χ0) is 13.4. The quantitative estimate of drug-likeness (QED) is 0.867. The van der Waals surface area contributed by atoms with Gasteiger partial charge in [-0.15, -0.1) is 0 Å². The normalized spacial score (nSPS) is 20.6. The molecule has 5 heteroatoms.